The van der Waals surface area contributed by atoms with Crippen LogP contribution in [0.2, 0.25) is 0 Å². The highest BCUT2D eigenvalue weighted by atomic mass is 16.3. The van der Waals surface area contributed by atoms with Crippen LogP contribution in [0.25, 0.3) is 0 Å². The highest BCUT2D eigenvalue weighted by molar-refractivity contribution is 5.05. The van der Waals surface area contributed by atoms with Crippen molar-refractivity contribution < 1.29 is 5.11 Å². The van der Waals surface area contributed by atoms with Gasteiger partial charge in [-0.25, -0.2) is 0 Å². The van der Waals surface area contributed by atoms with Crippen molar-refractivity contribution in [1.29, 1.82) is 0 Å². The molecule has 0 rings (SSSR count). The Labute approximate surface area is 88.5 Å². The SMILES string of the molecule is CCCC(O)C/C(C)=C/CC=C(C)C. The van der Waals surface area contributed by atoms with Crippen LogP contribution in [0.15, 0.2) is 23.3 Å². The second kappa shape index (κ2) is 7.81. The quantitative estimate of drug-likeness (QED) is 0.640. The van der Waals surface area contributed by atoms with Gasteiger partial charge in [-0.2, -0.15) is 0 Å². The van der Waals surface area contributed by atoms with Crippen molar-refractivity contribution in [2.75, 3.05) is 0 Å². The molecular formula is C13H24O. The maximum atomic E-state index is 9.57. The number of aliphatic hydroxyl groups excluding tert-OH is 1. The van der Waals surface area contributed by atoms with Crippen molar-refractivity contribution in [3.8, 4) is 0 Å². The Kier molecular flexibility index (Phi) is 7.50. The zero-order chi connectivity index (χ0) is 11.0. The fourth-order valence-electron chi connectivity index (χ4n) is 1.39. The molecule has 1 unspecified atom stereocenters. The first-order valence-corrected chi connectivity index (χ1v) is 5.53. The number of allylic oxidation sites excluding steroid dienone is 3. The van der Waals surface area contributed by atoms with Gasteiger partial charge in [0.15, 0.2) is 0 Å². The minimum atomic E-state index is -0.150. The lowest BCUT2D eigenvalue weighted by molar-refractivity contribution is 0.163. The molecular weight excluding hydrogens is 172 g/mol. The molecule has 0 spiro atoms. The molecule has 14 heavy (non-hydrogen) atoms. The first-order valence-electron chi connectivity index (χ1n) is 5.53. The van der Waals surface area contributed by atoms with Gasteiger partial charge in [0.2, 0.25) is 0 Å². The van der Waals surface area contributed by atoms with E-state index >= 15 is 0 Å². The summed E-state index contributed by atoms with van der Waals surface area (Å²) in [6.45, 7) is 8.41. The zero-order valence-corrected chi connectivity index (χ0v) is 10.0. The summed E-state index contributed by atoms with van der Waals surface area (Å²) in [5, 5.41) is 9.57. The van der Waals surface area contributed by atoms with Gasteiger partial charge in [0, 0.05) is 0 Å². The van der Waals surface area contributed by atoms with E-state index in [4.69, 9.17) is 0 Å². The van der Waals surface area contributed by atoms with Gasteiger partial charge in [-0.3, -0.25) is 0 Å². The third kappa shape index (κ3) is 8.06. The second-order valence-electron chi connectivity index (χ2n) is 4.21. The Morgan fingerprint density at radius 3 is 2.36 bits per heavy atom. The van der Waals surface area contributed by atoms with Crippen molar-refractivity contribution in [3.05, 3.63) is 23.3 Å². The highest BCUT2D eigenvalue weighted by Gasteiger charge is 2.02. The molecule has 0 saturated heterocycles. The minimum Gasteiger partial charge on any atom is -0.393 e. The van der Waals surface area contributed by atoms with Gasteiger partial charge in [-0.05, 0) is 40.0 Å². The molecule has 0 aliphatic carbocycles. The molecule has 0 aliphatic rings. The van der Waals surface area contributed by atoms with Gasteiger partial charge in [0.1, 0.15) is 0 Å². The second-order valence-corrected chi connectivity index (χ2v) is 4.21. The maximum absolute atomic E-state index is 9.57. The summed E-state index contributed by atoms with van der Waals surface area (Å²) >= 11 is 0. The lowest BCUT2D eigenvalue weighted by Gasteiger charge is -2.08. The van der Waals surface area contributed by atoms with E-state index in [0.717, 1.165) is 25.7 Å². The molecule has 0 amide bonds. The molecule has 0 radical (unpaired) electrons. The fourth-order valence-corrected chi connectivity index (χ4v) is 1.39. The van der Waals surface area contributed by atoms with Gasteiger partial charge in [0.25, 0.3) is 0 Å². The van der Waals surface area contributed by atoms with Gasteiger partial charge in [-0.15, -0.1) is 0 Å². The smallest absolute Gasteiger partial charge is 0.0577 e. The standard InChI is InChI=1S/C13H24O/c1-5-7-13(14)10-12(4)9-6-8-11(2)3/h8-9,13-14H,5-7,10H2,1-4H3/b12-9+. The van der Waals surface area contributed by atoms with E-state index in [1.54, 1.807) is 0 Å². The fraction of sp³-hybridized carbons (Fsp3) is 0.692. The summed E-state index contributed by atoms with van der Waals surface area (Å²) in [6, 6.07) is 0. The van der Waals surface area contributed by atoms with Crippen LogP contribution in [0.5, 0.6) is 0 Å². The summed E-state index contributed by atoms with van der Waals surface area (Å²) in [5.41, 5.74) is 2.65. The predicted octanol–water partition coefficient (Wildman–Crippen LogP) is 3.84. The normalized spacial score (nSPS) is 13.9. The number of hydrogen-bond acceptors (Lipinski definition) is 1. The lowest BCUT2D eigenvalue weighted by Crippen LogP contribution is -2.05. The third-order valence-electron chi connectivity index (χ3n) is 2.17. The highest BCUT2D eigenvalue weighted by Crippen LogP contribution is 2.10. The molecule has 0 heterocycles. The average Bonchev–Trinajstić information content (AvgIpc) is 2.03. The zero-order valence-electron chi connectivity index (χ0n) is 10.0. The van der Waals surface area contributed by atoms with E-state index < -0.39 is 0 Å². The molecule has 0 saturated carbocycles. The molecule has 0 aromatic rings. The molecule has 0 fully saturated rings. The summed E-state index contributed by atoms with van der Waals surface area (Å²) in [6.07, 6.45) is 8.04. The minimum absolute atomic E-state index is 0.150. The Bertz CT molecular complexity index is 197. The largest absolute Gasteiger partial charge is 0.393 e. The van der Waals surface area contributed by atoms with Crippen molar-refractivity contribution in [2.24, 2.45) is 0 Å². The lowest BCUT2D eigenvalue weighted by atomic mass is 10.0. The summed E-state index contributed by atoms with van der Waals surface area (Å²) in [7, 11) is 0. The van der Waals surface area contributed by atoms with Crippen molar-refractivity contribution >= 4 is 0 Å². The van der Waals surface area contributed by atoms with Crippen LogP contribution in [0, 0.1) is 0 Å². The predicted molar refractivity (Wildman–Crippen MR) is 63.3 cm³/mol. The number of hydrogen-bond donors (Lipinski definition) is 1. The molecule has 1 atom stereocenters. The van der Waals surface area contributed by atoms with Crippen molar-refractivity contribution in [2.45, 2.75) is 59.5 Å². The first-order chi connectivity index (χ1) is 6.56. The summed E-state index contributed by atoms with van der Waals surface area (Å²) in [5.74, 6) is 0. The Morgan fingerprint density at radius 1 is 1.21 bits per heavy atom. The molecule has 1 N–H and O–H groups in total. The molecule has 0 aromatic carbocycles. The Hall–Kier alpha value is -0.560. The van der Waals surface area contributed by atoms with Crippen LogP contribution in [-0.4, -0.2) is 11.2 Å². The molecule has 1 nitrogen and oxygen atoms in total. The Morgan fingerprint density at radius 2 is 1.86 bits per heavy atom. The van der Waals surface area contributed by atoms with E-state index in [1.165, 1.54) is 11.1 Å². The van der Waals surface area contributed by atoms with E-state index in [-0.39, 0.29) is 6.10 Å². The molecule has 0 aromatic heterocycles. The summed E-state index contributed by atoms with van der Waals surface area (Å²) < 4.78 is 0. The summed E-state index contributed by atoms with van der Waals surface area (Å²) in [4.78, 5) is 0. The number of aliphatic hydroxyl groups is 1. The molecule has 0 bridgehead atoms. The third-order valence-corrected chi connectivity index (χ3v) is 2.17. The van der Waals surface area contributed by atoms with Crippen LogP contribution >= 0.6 is 0 Å². The van der Waals surface area contributed by atoms with E-state index in [0.29, 0.717) is 0 Å². The Balaban J connectivity index is 3.82. The van der Waals surface area contributed by atoms with Crippen LogP contribution in [0.4, 0.5) is 0 Å². The van der Waals surface area contributed by atoms with Crippen LogP contribution in [0.3, 0.4) is 0 Å². The van der Waals surface area contributed by atoms with E-state index in [9.17, 15) is 5.11 Å². The van der Waals surface area contributed by atoms with Crippen LogP contribution < -0.4 is 0 Å². The van der Waals surface area contributed by atoms with Crippen molar-refractivity contribution in [3.63, 3.8) is 0 Å². The van der Waals surface area contributed by atoms with Crippen molar-refractivity contribution in [1.82, 2.24) is 0 Å². The topological polar surface area (TPSA) is 20.2 Å². The molecule has 1 heteroatoms. The van der Waals surface area contributed by atoms with E-state index in [2.05, 4.69) is 39.8 Å². The molecule has 0 aliphatic heterocycles. The monoisotopic (exact) mass is 196 g/mol. The van der Waals surface area contributed by atoms with Gasteiger partial charge >= 0.3 is 0 Å². The van der Waals surface area contributed by atoms with E-state index in [1.807, 2.05) is 0 Å². The van der Waals surface area contributed by atoms with Crippen LogP contribution in [-0.2, 0) is 0 Å². The average molecular weight is 196 g/mol. The maximum Gasteiger partial charge on any atom is 0.0577 e. The van der Waals surface area contributed by atoms with Gasteiger partial charge < -0.3 is 5.11 Å². The van der Waals surface area contributed by atoms with Crippen LogP contribution in [0.1, 0.15) is 53.4 Å². The van der Waals surface area contributed by atoms with Gasteiger partial charge in [-0.1, -0.05) is 36.6 Å². The molecule has 82 valence electrons. The van der Waals surface area contributed by atoms with Gasteiger partial charge in [0.05, 0.1) is 6.10 Å². The number of rotatable bonds is 6. The first kappa shape index (κ1) is 13.4.